The van der Waals surface area contributed by atoms with Gasteiger partial charge >= 0.3 is 0 Å². The monoisotopic (exact) mass is 626 g/mol. The molecule has 222 valence electrons. The maximum Gasteiger partial charge on any atom is 0.00136 e. The van der Waals surface area contributed by atoms with Crippen LogP contribution < -0.4 is 21.2 Å². The summed E-state index contributed by atoms with van der Waals surface area (Å²) in [6.07, 6.45) is 2.00. The van der Waals surface area contributed by atoms with Gasteiger partial charge in [0.2, 0.25) is 0 Å². The van der Waals surface area contributed by atoms with E-state index in [2.05, 4.69) is 194 Å². The van der Waals surface area contributed by atoms with E-state index in [1.54, 1.807) is 0 Å². The van der Waals surface area contributed by atoms with Gasteiger partial charge in [-0.1, -0.05) is 188 Å². The number of hydrogen-bond acceptors (Lipinski definition) is 0. The Balaban J connectivity index is 1.24. The molecule has 0 aliphatic carbocycles. The standard InChI is InChI=1S/C44H36P2/c1-5-22-39(23-6-1)45(40-24-7-2-8-25-40)33-37-18-13-15-30-43(37)35-20-17-21-36(32-35)44-31-16-14-19-38(44)34-46(41-26-9-3-10-27-41)42-28-11-4-12-29-42/h1-32H,33-34H2. The normalized spacial score (nSPS) is 11.2. The van der Waals surface area contributed by atoms with Crippen molar-refractivity contribution >= 4 is 37.1 Å². The Kier molecular flexibility index (Phi) is 9.59. The van der Waals surface area contributed by atoms with Gasteiger partial charge < -0.3 is 0 Å². The third-order valence-electron chi connectivity index (χ3n) is 8.45. The fraction of sp³-hybridized carbons (Fsp3) is 0.0455. The van der Waals surface area contributed by atoms with Crippen molar-refractivity contribution in [3.8, 4) is 22.3 Å². The zero-order valence-corrected chi connectivity index (χ0v) is 27.6. The van der Waals surface area contributed by atoms with Crippen molar-refractivity contribution in [1.29, 1.82) is 0 Å². The van der Waals surface area contributed by atoms with E-state index in [1.807, 2.05) is 0 Å². The lowest BCUT2D eigenvalue weighted by atomic mass is 9.95. The quantitative estimate of drug-likeness (QED) is 0.133. The van der Waals surface area contributed by atoms with E-state index in [4.69, 9.17) is 0 Å². The summed E-state index contributed by atoms with van der Waals surface area (Å²) in [6.45, 7) is 0. The largest absolute Gasteiger partial charge is 0.0622 e. The van der Waals surface area contributed by atoms with Crippen LogP contribution in [-0.4, -0.2) is 0 Å². The number of benzene rings is 7. The molecule has 0 atom stereocenters. The molecule has 7 aromatic carbocycles. The highest BCUT2D eigenvalue weighted by Crippen LogP contribution is 2.43. The van der Waals surface area contributed by atoms with Gasteiger partial charge in [0.1, 0.15) is 0 Å². The lowest BCUT2D eigenvalue weighted by Gasteiger charge is -2.22. The fourth-order valence-electron chi connectivity index (χ4n) is 6.17. The van der Waals surface area contributed by atoms with Crippen LogP contribution in [-0.2, 0) is 12.3 Å². The van der Waals surface area contributed by atoms with Gasteiger partial charge in [0.15, 0.2) is 0 Å². The first kappa shape index (κ1) is 30.1. The third kappa shape index (κ3) is 6.95. The summed E-state index contributed by atoms with van der Waals surface area (Å²) < 4.78 is 0. The Morgan fingerprint density at radius 2 is 0.587 bits per heavy atom. The first-order valence-corrected chi connectivity index (χ1v) is 18.9. The maximum atomic E-state index is 2.40. The van der Waals surface area contributed by atoms with Crippen LogP contribution >= 0.6 is 15.8 Å². The van der Waals surface area contributed by atoms with Crippen molar-refractivity contribution in [2.24, 2.45) is 0 Å². The van der Waals surface area contributed by atoms with Crippen LogP contribution in [0.2, 0.25) is 0 Å². The fourth-order valence-corrected chi connectivity index (χ4v) is 10.9. The molecule has 2 heteroatoms. The van der Waals surface area contributed by atoms with Crippen LogP contribution in [0.4, 0.5) is 0 Å². The number of rotatable bonds is 10. The lowest BCUT2D eigenvalue weighted by Crippen LogP contribution is -2.13. The molecule has 7 rings (SSSR count). The molecule has 0 fully saturated rings. The van der Waals surface area contributed by atoms with Crippen molar-refractivity contribution in [1.82, 2.24) is 0 Å². The molecule has 0 bridgehead atoms. The van der Waals surface area contributed by atoms with Crippen molar-refractivity contribution in [2.45, 2.75) is 12.3 Å². The third-order valence-corrected chi connectivity index (χ3v) is 13.4. The molecule has 0 aliphatic heterocycles. The van der Waals surface area contributed by atoms with Crippen LogP contribution in [0.3, 0.4) is 0 Å². The van der Waals surface area contributed by atoms with Gasteiger partial charge in [0, 0.05) is 12.3 Å². The molecule has 0 radical (unpaired) electrons. The predicted molar refractivity (Wildman–Crippen MR) is 203 cm³/mol. The van der Waals surface area contributed by atoms with Gasteiger partial charge in [-0.05, 0) is 76.5 Å². The highest BCUT2D eigenvalue weighted by molar-refractivity contribution is 7.72. The topological polar surface area (TPSA) is 0 Å². The van der Waals surface area contributed by atoms with E-state index in [0.29, 0.717) is 0 Å². The zero-order valence-electron chi connectivity index (χ0n) is 25.8. The smallest absolute Gasteiger partial charge is 0.00136 e. The first-order chi connectivity index (χ1) is 22.8. The van der Waals surface area contributed by atoms with Gasteiger partial charge in [0.25, 0.3) is 0 Å². The molecular formula is C44H36P2. The first-order valence-electron chi connectivity index (χ1n) is 15.9. The molecule has 0 aromatic heterocycles. The van der Waals surface area contributed by atoms with Crippen molar-refractivity contribution in [3.05, 3.63) is 205 Å². The van der Waals surface area contributed by atoms with E-state index in [-0.39, 0.29) is 0 Å². The van der Waals surface area contributed by atoms with Crippen LogP contribution in [0.25, 0.3) is 22.3 Å². The average molecular weight is 627 g/mol. The molecule has 0 unspecified atom stereocenters. The molecule has 0 saturated carbocycles. The maximum absolute atomic E-state index is 2.40. The second-order valence-corrected chi connectivity index (χ2v) is 15.8. The van der Waals surface area contributed by atoms with Gasteiger partial charge in [-0.25, -0.2) is 0 Å². The molecule has 0 heterocycles. The summed E-state index contributed by atoms with van der Waals surface area (Å²) >= 11 is 0. The van der Waals surface area contributed by atoms with Crippen molar-refractivity contribution < 1.29 is 0 Å². The number of hydrogen-bond donors (Lipinski definition) is 0. The zero-order chi connectivity index (χ0) is 31.0. The summed E-state index contributed by atoms with van der Waals surface area (Å²) in [7, 11) is -1.09. The molecule has 0 spiro atoms. The molecule has 0 amide bonds. The second kappa shape index (κ2) is 14.7. The minimum Gasteiger partial charge on any atom is -0.0622 e. The summed E-state index contributed by atoms with van der Waals surface area (Å²) in [5, 5.41) is 5.65. The van der Waals surface area contributed by atoms with Crippen LogP contribution in [0.15, 0.2) is 194 Å². The summed E-state index contributed by atoms with van der Waals surface area (Å²) in [5.74, 6) is 0. The van der Waals surface area contributed by atoms with E-state index in [0.717, 1.165) is 12.3 Å². The minimum atomic E-state index is -0.543. The molecule has 46 heavy (non-hydrogen) atoms. The minimum absolute atomic E-state index is 0.543. The molecular weight excluding hydrogens is 590 g/mol. The Bertz CT molecular complexity index is 1760. The summed E-state index contributed by atoms with van der Waals surface area (Å²) in [5.41, 5.74) is 7.96. The van der Waals surface area contributed by atoms with E-state index in [1.165, 1.54) is 54.6 Å². The summed E-state index contributed by atoms with van der Waals surface area (Å²) in [6, 6.07) is 71.3. The Morgan fingerprint density at radius 1 is 0.283 bits per heavy atom. The highest BCUT2D eigenvalue weighted by Gasteiger charge is 2.19. The Hall–Kier alpha value is -4.60. The highest BCUT2D eigenvalue weighted by atomic mass is 31.1. The predicted octanol–water partition coefficient (Wildman–Crippen LogP) is 10.3. The molecule has 0 N–H and O–H groups in total. The molecule has 7 aromatic rings. The molecule has 0 nitrogen and oxygen atoms in total. The average Bonchev–Trinajstić information content (AvgIpc) is 3.14. The lowest BCUT2D eigenvalue weighted by molar-refractivity contribution is 1.38. The van der Waals surface area contributed by atoms with E-state index >= 15 is 0 Å². The van der Waals surface area contributed by atoms with Crippen molar-refractivity contribution in [3.63, 3.8) is 0 Å². The van der Waals surface area contributed by atoms with Crippen LogP contribution in [0.5, 0.6) is 0 Å². The van der Waals surface area contributed by atoms with Gasteiger partial charge in [-0.3, -0.25) is 0 Å². The van der Waals surface area contributed by atoms with E-state index in [9.17, 15) is 0 Å². The van der Waals surface area contributed by atoms with E-state index < -0.39 is 15.8 Å². The second-order valence-electron chi connectivity index (χ2n) is 11.4. The Labute approximate surface area is 276 Å². The van der Waals surface area contributed by atoms with Gasteiger partial charge in [0.05, 0.1) is 0 Å². The SMILES string of the molecule is c1ccc(P(Cc2ccccc2-c2cccc(-c3ccccc3CP(c3ccccc3)c3ccccc3)c2)c2ccccc2)cc1. The van der Waals surface area contributed by atoms with Gasteiger partial charge in [-0.2, -0.15) is 0 Å². The summed E-state index contributed by atoms with van der Waals surface area (Å²) in [4.78, 5) is 0. The van der Waals surface area contributed by atoms with Crippen LogP contribution in [0, 0.1) is 0 Å². The van der Waals surface area contributed by atoms with Crippen molar-refractivity contribution in [2.75, 3.05) is 0 Å². The molecule has 0 aliphatic rings. The van der Waals surface area contributed by atoms with Crippen LogP contribution in [0.1, 0.15) is 11.1 Å². The molecule has 0 saturated heterocycles. The Morgan fingerprint density at radius 3 is 0.935 bits per heavy atom. The van der Waals surface area contributed by atoms with Gasteiger partial charge in [-0.15, -0.1) is 0 Å².